The van der Waals surface area contributed by atoms with Gasteiger partial charge in [0.25, 0.3) is 0 Å². The average Bonchev–Trinajstić information content (AvgIpc) is 2.37. The van der Waals surface area contributed by atoms with E-state index in [9.17, 15) is 9.59 Å². The van der Waals surface area contributed by atoms with Crippen LogP contribution in [0.5, 0.6) is 0 Å². The molecule has 0 radical (unpaired) electrons. The van der Waals surface area contributed by atoms with Gasteiger partial charge in [0.1, 0.15) is 0 Å². The van der Waals surface area contributed by atoms with Gasteiger partial charge >= 0.3 is 12.0 Å². The molecule has 0 spiro atoms. The number of amides is 2. The maximum absolute atomic E-state index is 12.5. The fourth-order valence-corrected chi connectivity index (χ4v) is 3.23. The Morgan fingerprint density at radius 1 is 1.16 bits per heavy atom. The number of carbonyl (C=O) groups excluding carboxylic acids is 1. The zero-order valence-corrected chi connectivity index (χ0v) is 11.8. The molecule has 19 heavy (non-hydrogen) atoms. The molecule has 108 valence electrons. The van der Waals surface area contributed by atoms with E-state index in [1.165, 1.54) is 6.42 Å². The lowest BCUT2D eigenvalue weighted by Gasteiger charge is -2.41. The molecule has 0 aliphatic carbocycles. The summed E-state index contributed by atoms with van der Waals surface area (Å²) in [7, 11) is 0. The molecule has 1 N–H and O–H groups in total. The number of carboxylic acids is 1. The van der Waals surface area contributed by atoms with Gasteiger partial charge in [-0.25, -0.2) is 4.79 Å². The molecule has 2 saturated heterocycles. The predicted octanol–water partition coefficient (Wildman–Crippen LogP) is 2.02. The van der Waals surface area contributed by atoms with Crippen LogP contribution in [0.1, 0.15) is 39.5 Å². The Morgan fingerprint density at radius 2 is 1.89 bits per heavy atom. The standard InChI is InChI=1S/C14H24N2O3/c1-10-4-3-6-15(9-10)14(19)16-7-5-12(13(17)18)8-11(16)2/h10-12H,3-9H2,1-2H3,(H,17,18). The fourth-order valence-electron chi connectivity index (χ4n) is 3.23. The van der Waals surface area contributed by atoms with Crippen molar-refractivity contribution in [1.82, 2.24) is 9.80 Å². The minimum absolute atomic E-state index is 0.0274. The molecule has 0 aromatic heterocycles. The highest BCUT2D eigenvalue weighted by Gasteiger charge is 2.34. The van der Waals surface area contributed by atoms with Gasteiger partial charge in [-0.15, -0.1) is 0 Å². The first kappa shape index (κ1) is 14.2. The number of aliphatic carboxylic acids is 1. The second-order valence-electron chi connectivity index (χ2n) is 6.08. The Kier molecular flexibility index (Phi) is 4.32. The van der Waals surface area contributed by atoms with Crippen LogP contribution >= 0.6 is 0 Å². The topological polar surface area (TPSA) is 60.9 Å². The van der Waals surface area contributed by atoms with Crippen molar-refractivity contribution in [3.05, 3.63) is 0 Å². The molecule has 2 rings (SSSR count). The van der Waals surface area contributed by atoms with Crippen LogP contribution in [0.25, 0.3) is 0 Å². The van der Waals surface area contributed by atoms with Crippen LogP contribution < -0.4 is 0 Å². The zero-order valence-electron chi connectivity index (χ0n) is 11.8. The first-order chi connectivity index (χ1) is 8.99. The maximum atomic E-state index is 12.5. The summed E-state index contributed by atoms with van der Waals surface area (Å²) < 4.78 is 0. The van der Waals surface area contributed by atoms with Crippen LogP contribution in [0.2, 0.25) is 0 Å². The second kappa shape index (κ2) is 5.80. The van der Waals surface area contributed by atoms with Gasteiger partial charge < -0.3 is 14.9 Å². The molecule has 3 unspecified atom stereocenters. The molecule has 0 saturated carbocycles. The average molecular weight is 268 g/mol. The van der Waals surface area contributed by atoms with Gasteiger partial charge in [0.05, 0.1) is 5.92 Å². The summed E-state index contributed by atoms with van der Waals surface area (Å²) >= 11 is 0. The number of nitrogens with zero attached hydrogens (tertiary/aromatic N) is 2. The molecule has 2 fully saturated rings. The molecule has 5 heteroatoms. The van der Waals surface area contributed by atoms with Gasteiger partial charge in [0.15, 0.2) is 0 Å². The third-order valence-corrected chi connectivity index (χ3v) is 4.40. The largest absolute Gasteiger partial charge is 0.481 e. The molecule has 3 atom stereocenters. The van der Waals surface area contributed by atoms with Crippen molar-refractivity contribution in [2.75, 3.05) is 19.6 Å². The number of piperidine rings is 2. The van der Waals surface area contributed by atoms with Gasteiger partial charge in [-0.05, 0) is 38.5 Å². The molecule has 0 bridgehead atoms. The molecular weight excluding hydrogens is 244 g/mol. The third-order valence-electron chi connectivity index (χ3n) is 4.40. The normalized spacial score (nSPS) is 32.2. The van der Waals surface area contributed by atoms with Crippen molar-refractivity contribution >= 4 is 12.0 Å². The van der Waals surface area contributed by atoms with E-state index < -0.39 is 5.97 Å². The van der Waals surface area contributed by atoms with E-state index in [1.807, 2.05) is 16.7 Å². The van der Waals surface area contributed by atoms with Gasteiger partial charge in [-0.2, -0.15) is 0 Å². The molecule has 0 aromatic rings. The third kappa shape index (κ3) is 3.19. The van der Waals surface area contributed by atoms with Crippen LogP contribution in [-0.2, 0) is 4.79 Å². The first-order valence-electron chi connectivity index (χ1n) is 7.27. The SMILES string of the molecule is CC1CCCN(C(=O)N2CCC(C(=O)O)CC2C)C1. The van der Waals surface area contributed by atoms with Crippen molar-refractivity contribution in [3.63, 3.8) is 0 Å². The summed E-state index contributed by atoms with van der Waals surface area (Å²) in [5, 5.41) is 9.05. The van der Waals surface area contributed by atoms with E-state index in [2.05, 4.69) is 6.92 Å². The van der Waals surface area contributed by atoms with Crippen molar-refractivity contribution < 1.29 is 14.7 Å². The van der Waals surface area contributed by atoms with Crippen LogP contribution in [0.15, 0.2) is 0 Å². The van der Waals surface area contributed by atoms with Crippen LogP contribution in [0, 0.1) is 11.8 Å². The Morgan fingerprint density at radius 3 is 2.47 bits per heavy atom. The summed E-state index contributed by atoms with van der Waals surface area (Å²) in [6, 6.07) is 0.127. The van der Waals surface area contributed by atoms with Crippen LogP contribution in [0.4, 0.5) is 4.79 Å². The maximum Gasteiger partial charge on any atom is 0.320 e. The number of carbonyl (C=O) groups is 2. The molecule has 2 amide bonds. The van der Waals surface area contributed by atoms with Gasteiger partial charge in [-0.3, -0.25) is 4.79 Å². The fraction of sp³-hybridized carbons (Fsp3) is 0.857. The Balaban J connectivity index is 1.94. The Bertz CT molecular complexity index is 359. The van der Waals surface area contributed by atoms with Crippen LogP contribution in [-0.4, -0.2) is 52.6 Å². The molecule has 2 heterocycles. The van der Waals surface area contributed by atoms with Gasteiger partial charge in [-0.1, -0.05) is 6.92 Å². The monoisotopic (exact) mass is 268 g/mol. The van der Waals surface area contributed by atoms with Gasteiger partial charge in [0.2, 0.25) is 0 Å². The summed E-state index contributed by atoms with van der Waals surface area (Å²) in [6.07, 6.45) is 3.42. The van der Waals surface area contributed by atoms with E-state index >= 15 is 0 Å². The number of rotatable bonds is 1. The number of hydrogen-bond donors (Lipinski definition) is 1. The molecule has 2 aliphatic rings. The summed E-state index contributed by atoms with van der Waals surface area (Å²) in [6.45, 7) is 6.39. The van der Waals surface area contributed by atoms with Crippen molar-refractivity contribution in [1.29, 1.82) is 0 Å². The second-order valence-corrected chi connectivity index (χ2v) is 6.08. The number of likely N-dealkylation sites (tertiary alicyclic amines) is 2. The van der Waals surface area contributed by atoms with Crippen LogP contribution in [0.3, 0.4) is 0 Å². The number of hydrogen-bond acceptors (Lipinski definition) is 2. The molecule has 0 aromatic carbocycles. The van der Waals surface area contributed by atoms with E-state index in [0.29, 0.717) is 25.3 Å². The smallest absolute Gasteiger partial charge is 0.320 e. The summed E-state index contributed by atoms with van der Waals surface area (Å²) in [5.74, 6) is -0.450. The van der Waals surface area contributed by atoms with Crippen molar-refractivity contribution in [2.45, 2.75) is 45.6 Å². The quantitative estimate of drug-likeness (QED) is 0.791. The first-order valence-corrected chi connectivity index (χ1v) is 7.27. The number of carboxylic acid groups (broad SMARTS) is 1. The zero-order chi connectivity index (χ0) is 14.0. The highest BCUT2D eigenvalue weighted by atomic mass is 16.4. The molecule has 5 nitrogen and oxygen atoms in total. The lowest BCUT2D eigenvalue weighted by molar-refractivity contribution is -0.143. The molecule has 2 aliphatic heterocycles. The predicted molar refractivity (Wildman–Crippen MR) is 71.9 cm³/mol. The van der Waals surface area contributed by atoms with Crippen molar-refractivity contribution in [3.8, 4) is 0 Å². The minimum atomic E-state index is -0.731. The number of urea groups is 1. The minimum Gasteiger partial charge on any atom is -0.481 e. The van der Waals surface area contributed by atoms with E-state index in [-0.39, 0.29) is 18.0 Å². The summed E-state index contributed by atoms with van der Waals surface area (Å²) in [4.78, 5) is 27.3. The van der Waals surface area contributed by atoms with E-state index in [4.69, 9.17) is 5.11 Å². The van der Waals surface area contributed by atoms with E-state index in [0.717, 1.165) is 19.5 Å². The van der Waals surface area contributed by atoms with Gasteiger partial charge in [0, 0.05) is 25.7 Å². The summed E-state index contributed by atoms with van der Waals surface area (Å²) in [5.41, 5.74) is 0. The lowest BCUT2D eigenvalue weighted by atomic mass is 9.92. The molecular formula is C14H24N2O3. The Hall–Kier alpha value is -1.26. The highest BCUT2D eigenvalue weighted by Crippen LogP contribution is 2.25. The Labute approximate surface area is 114 Å². The highest BCUT2D eigenvalue weighted by molar-refractivity contribution is 5.76. The van der Waals surface area contributed by atoms with E-state index in [1.54, 1.807) is 0 Å². The lowest BCUT2D eigenvalue weighted by Crippen LogP contribution is -2.53. The van der Waals surface area contributed by atoms with Crippen molar-refractivity contribution in [2.24, 2.45) is 11.8 Å².